The first kappa shape index (κ1) is 14.2. The van der Waals surface area contributed by atoms with E-state index in [9.17, 15) is 4.79 Å². The van der Waals surface area contributed by atoms with Crippen LogP contribution in [0.3, 0.4) is 0 Å². The van der Waals surface area contributed by atoms with Crippen LogP contribution in [0.1, 0.15) is 10.4 Å². The third-order valence-electron chi connectivity index (χ3n) is 3.38. The molecular weight excluding hydrogens is 307 g/mol. The highest BCUT2D eigenvalue weighted by atomic mass is 35.5. The molecule has 0 heterocycles. The Morgan fingerprint density at radius 2 is 1.38 bits per heavy atom. The molecular formula is C17H12Cl2O2. The average Bonchev–Trinajstić information content (AvgIpc) is 2.53. The van der Waals surface area contributed by atoms with Crippen molar-refractivity contribution in [3.63, 3.8) is 0 Å². The van der Waals surface area contributed by atoms with Crippen molar-refractivity contribution in [3.05, 3.63) is 59.1 Å². The van der Waals surface area contributed by atoms with Gasteiger partial charge in [-0.15, -0.1) is 11.6 Å². The van der Waals surface area contributed by atoms with Crippen molar-refractivity contribution < 1.29 is 9.53 Å². The molecule has 0 radical (unpaired) electrons. The minimum Gasteiger partial charge on any atom is -0.461 e. The second-order valence-electron chi connectivity index (χ2n) is 4.61. The lowest BCUT2D eigenvalue weighted by molar-refractivity contribution is 0.0533. The topological polar surface area (TPSA) is 26.3 Å². The van der Waals surface area contributed by atoms with Gasteiger partial charge in [0.15, 0.2) is 0 Å². The Morgan fingerprint density at radius 3 is 1.86 bits per heavy atom. The predicted octanol–water partition coefficient (Wildman–Crippen LogP) is 5.04. The molecule has 0 aliphatic heterocycles. The van der Waals surface area contributed by atoms with Gasteiger partial charge < -0.3 is 4.74 Å². The summed E-state index contributed by atoms with van der Waals surface area (Å²) in [6, 6.07) is 15.1. The van der Waals surface area contributed by atoms with Crippen LogP contribution in [0.25, 0.3) is 21.5 Å². The number of ether oxygens (including phenoxy) is 1. The average molecular weight is 319 g/mol. The van der Waals surface area contributed by atoms with E-state index < -0.39 is 0 Å². The van der Waals surface area contributed by atoms with Crippen molar-refractivity contribution in [1.29, 1.82) is 0 Å². The van der Waals surface area contributed by atoms with Crippen molar-refractivity contribution in [2.24, 2.45) is 0 Å². The van der Waals surface area contributed by atoms with Crippen molar-refractivity contribution >= 4 is 50.7 Å². The minimum absolute atomic E-state index is 0.186. The number of hydrogen-bond acceptors (Lipinski definition) is 2. The van der Waals surface area contributed by atoms with E-state index >= 15 is 0 Å². The molecule has 21 heavy (non-hydrogen) atoms. The molecule has 2 nitrogen and oxygen atoms in total. The molecule has 0 N–H and O–H groups in total. The van der Waals surface area contributed by atoms with E-state index in [1.165, 1.54) is 0 Å². The number of benzene rings is 3. The number of hydrogen-bond donors (Lipinski definition) is 0. The van der Waals surface area contributed by atoms with Crippen molar-refractivity contribution in [2.75, 3.05) is 12.5 Å². The molecule has 0 aliphatic carbocycles. The first-order valence-electron chi connectivity index (χ1n) is 6.56. The second-order valence-corrected chi connectivity index (χ2v) is 5.36. The highest BCUT2D eigenvalue weighted by molar-refractivity contribution is 6.42. The summed E-state index contributed by atoms with van der Waals surface area (Å²) in [6.07, 6.45) is 0. The molecule has 0 spiro atoms. The summed E-state index contributed by atoms with van der Waals surface area (Å²) in [5, 5.41) is 3.92. The summed E-state index contributed by atoms with van der Waals surface area (Å²) in [4.78, 5) is 12.4. The van der Waals surface area contributed by atoms with Crippen LogP contribution in [0, 0.1) is 0 Å². The molecule has 4 heteroatoms. The lowest BCUT2D eigenvalue weighted by Gasteiger charge is -2.12. The van der Waals surface area contributed by atoms with Crippen LogP contribution in [0.5, 0.6) is 0 Å². The van der Waals surface area contributed by atoms with Crippen molar-refractivity contribution in [3.8, 4) is 0 Å². The molecule has 0 aliphatic rings. The molecule has 3 rings (SSSR count). The molecule has 0 bridgehead atoms. The lowest BCUT2D eigenvalue weighted by Crippen LogP contribution is -2.08. The largest absolute Gasteiger partial charge is 0.461 e. The first-order valence-corrected chi connectivity index (χ1v) is 7.47. The van der Waals surface area contributed by atoms with Crippen molar-refractivity contribution in [1.82, 2.24) is 0 Å². The zero-order valence-electron chi connectivity index (χ0n) is 11.1. The fraction of sp³-hybridized carbons (Fsp3) is 0.118. The summed E-state index contributed by atoms with van der Waals surface area (Å²) in [6.45, 7) is 0.186. The molecule has 0 saturated carbocycles. The first-order chi connectivity index (χ1) is 10.2. The third-order valence-corrected chi connectivity index (χ3v) is 3.94. The minimum atomic E-state index is -0.375. The molecule has 0 aromatic heterocycles. The van der Waals surface area contributed by atoms with Gasteiger partial charge in [0, 0.05) is 10.8 Å². The van der Waals surface area contributed by atoms with E-state index in [2.05, 4.69) is 0 Å². The van der Waals surface area contributed by atoms with Crippen LogP contribution in [0.15, 0.2) is 48.5 Å². The monoisotopic (exact) mass is 318 g/mol. The molecule has 3 aromatic carbocycles. The van der Waals surface area contributed by atoms with Gasteiger partial charge in [-0.1, -0.05) is 60.1 Å². The SMILES string of the molecule is O=C(OCCCl)c1c2ccccc2c(Cl)c2ccccc12. The van der Waals surface area contributed by atoms with E-state index in [0.29, 0.717) is 10.6 Å². The van der Waals surface area contributed by atoms with Gasteiger partial charge in [0.1, 0.15) is 6.61 Å². The zero-order valence-corrected chi connectivity index (χ0v) is 12.6. The molecule has 106 valence electrons. The Hall–Kier alpha value is -1.77. The zero-order chi connectivity index (χ0) is 14.8. The third kappa shape index (κ3) is 2.45. The van der Waals surface area contributed by atoms with Crippen LogP contribution in [-0.2, 0) is 4.74 Å². The Labute approximate surface area is 132 Å². The van der Waals surface area contributed by atoms with Gasteiger partial charge in [0.2, 0.25) is 0 Å². The maximum atomic E-state index is 12.4. The van der Waals surface area contributed by atoms with Crippen LogP contribution in [0.2, 0.25) is 5.02 Å². The van der Waals surface area contributed by atoms with E-state index in [1.807, 2.05) is 48.5 Å². The van der Waals surface area contributed by atoms with Crippen LogP contribution >= 0.6 is 23.2 Å². The van der Waals surface area contributed by atoms with Crippen LogP contribution < -0.4 is 0 Å². The summed E-state index contributed by atoms with van der Waals surface area (Å²) in [5.74, 6) is -0.102. The van der Waals surface area contributed by atoms with E-state index in [0.717, 1.165) is 21.5 Å². The number of carbonyl (C=O) groups is 1. The predicted molar refractivity (Wildman–Crippen MR) is 87.5 cm³/mol. The number of alkyl halides is 1. The second kappa shape index (κ2) is 5.92. The number of halogens is 2. The quantitative estimate of drug-likeness (QED) is 0.384. The number of fused-ring (bicyclic) bond motifs is 2. The molecule has 0 unspecified atom stereocenters. The maximum Gasteiger partial charge on any atom is 0.339 e. The Kier molecular flexibility index (Phi) is 4.00. The maximum absolute atomic E-state index is 12.4. The summed E-state index contributed by atoms with van der Waals surface area (Å²) >= 11 is 12.1. The van der Waals surface area contributed by atoms with Gasteiger partial charge >= 0.3 is 5.97 Å². The fourth-order valence-corrected chi connectivity index (χ4v) is 2.91. The van der Waals surface area contributed by atoms with Crippen LogP contribution in [0.4, 0.5) is 0 Å². The highest BCUT2D eigenvalue weighted by Gasteiger charge is 2.18. The number of carbonyl (C=O) groups excluding carboxylic acids is 1. The molecule has 0 fully saturated rings. The smallest absolute Gasteiger partial charge is 0.339 e. The molecule has 0 saturated heterocycles. The van der Waals surface area contributed by atoms with Gasteiger partial charge in [-0.3, -0.25) is 0 Å². The van der Waals surface area contributed by atoms with Crippen LogP contribution in [-0.4, -0.2) is 18.5 Å². The van der Waals surface area contributed by atoms with E-state index in [-0.39, 0.29) is 18.5 Å². The Bertz CT molecular complexity index is 770. The van der Waals surface area contributed by atoms with E-state index in [1.54, 1.807) is 0 Å². The summed E-state index contributed by atoms with van der Waals surface area (Å²) in [5.41, 5.74) is 0.538. The fourth-order valence-electron chi connectivity index (χ4n) is 2.50. The highest BCUT2D eigenvalue weighted by Crippen LogP contribution is 2.36. The Balaban J connectivity index is 2.37. The standard InChI is InChI=1S/C17H12Cl2O2/c18-9-10-21-17(20)15-11-5-1-3-7-13(11)16(19)14-8-4-2-6-12(14)15/h1-8H,9-10H2. The molecule has 0 atom stereocenters. The van der Waals surface area contributed by atoms with Gasteiger partial charge in [-0.2, -0.15) is 0 Å². The van der Waals surface area contributed by atoms with Gasteiger partial charge in [0.25, 0.3) is 0 Å². The van der Waals surface area contributed by atoms with Gasteiger partial charge in [-0.05, 0) is 10.8 Å². The lowest BCUT2D eigenvalue weighted by atomic mass is 9.96. The van der Waals surface area contributed by atoms with E-state index in [4.69, 9.17) is 27.9 Å². The van der Waals surface area contributed by atoms with Gasteiger partial charge in [-0.25, -0.2) is 4.79 Å². The number of esters is 1. The molecule has 0 amide bonds. The summed E-state index contributed by atoms with van der Waals surface area (Å²) in [7, 11) is 0. The van der Waals surface area contributed by atoms with Crippen molar-refractivity contribution in [2.45, 2.75) is 0 Å². The molecule has 3 aromatic rings. The summed E-state index contributed by atoms with van der Waals surface area (Å²) < 4.78 is 5.22. The number of rotatable bonds is 3. The van der Waals surface area contributed by atoms with Gasteiger partial charge in [0.05, 0.1) is 16.5 Å². The Morgan fingerprint density at radius 1 is 0.905 bits per heavy atom. The normalized spacial score (nSPS) is 11.0.